The topological polar surface area (TPSA) is 121 Å². The van der Waals surface area contributed by atoms with Crippen LogP contribution >= 0.6 is 0 Å². The van der Waals surface area contributed by atoms with Gasteiger partial charge in [0.15, 0.2) is 0 Å². The summed E-state index contributed by atoms with van der Waals surface area (Å²) in [6, 6.07) is 5.71. The normalized spacial score (nSPS) is 11.6. The van der Waals surface area contributed by atoms with Crippen LogP contribution < -0.4 is 5.14 Å². The van der Waals surface area contributed by atoms with Crippen molar-refractivity contribution in [2.75, 3.05) is 0 Å². The summed E-state index contributed by atoms with van der Waals surface area (Å²) in [6.07, 6.45) is 1.08. The zero-order valence-corrected chi connectivity index (χ0v) is 12.3. The van der Waals surface area contributed by atoms with Gasteiger partial charge in [-0.2, -0.15) is 4.68 Å². The predicted molar refractivity (Wildman–Crippen MR) is 75.3 cm³/mol. The molecule has 0 amide bonds. The van der Waals surface area contributed by atoms with Crippen LogP contribution in [0, 0.1) is 24.0 Å². The Labute approximate surface area is 121 Å². The highest BCUT2D eigenvalue weighted by atomic mass is 32.2. The Balaban J connectivity index is 2.50. The number of aryl methyl sites for hydroxylation is 2. The molecule has 0 fully saturated rings. The second-order valence-electron chi connectivity index (χ2n) is 4.69. The number of hydrogen-bond donors (Lipinski definition) is 1. The van der Waals surface area contributed by atoms with Crippen LogP contribution in [0.3, 0.4) is 0 Å². The molecular formula is C12H14N4O4S. The fourth-order valence-corrected chi connectivity index (χ4v) is 2.70. The maximum Gasteiger partial charge on any atom is 0.410 e. The Morgan fingerprint density at radius 2 is 1.90 bits per heavy atom. The maximum absolute atomic E-state index is 11.4. The molecule has 0 unspecified atom stereocenters. The van der Waals surface area contributed by atoms with Crippen LogP contribution in [0.2, 0.25) is 0 Å². The number of sulfonamides is 1. The van der Waals surface area contributed by atoms with Crippen molar-refractivity contribution >= 4 is 15.8 Å². The molecule has 0 aliphatic rings. The molecule has 2 rings (SSSR count). The van der Waals surface area contributed by atoms with Gasteiger partial charge in [-0.05, 0) is 35.5 Å². The van der Waals surface area contributed by atoms with E-state index in [0.717, 1.165) is 22.9 Å². The second kappa shape index (κ2) is 5.26. The summed E-state index contributed by atoms with van der Waals surface area (Å²) in [6.45, 7) is 4.04. The van der Waals surface area contributed by atoms with Crippen LogP contribution in [0.15, 0.2) is 29.3 Å². The zero-order chi connectivity index (χ0) is 15.8. The highest BCUT2D eigenvalue weighted by Crippen LogP contribution is 2.22. The van der Waals surface area contributed by atoms with Crippen molar-refractivity contribution in [1.82, 2.24) is 9.78 Å². The number of nitrogens with zero attached hydrogens (tertiary/aromatic N) is 3. The molecule has 0 aliphatic carbocycles. The summed E-state index contributed by atoms with van der Waals surface area (Å²) >= 11 is 0. The first-order valence-corrected chi connectivity index (χ1v) is 7.54. The zero-order valence-electron chi connectivity index (χ0n) is 11.5. The average Bonchev–Trinajstić information content (AvgIpc) is 2.78. The quantitative estimate of drug-likeness (QED) is 0.669. The summed E-state index contributed by atoms with van der Waals surface area (Å²) < 4.78 is 24.0. The molecule has 8 nitrogen and oxygen atoms in total. The average molecular weight is 310 g/mol. The minimum absolute atomic E-state index is 0.231. The van der Waals surface area contributed by atoms with Gasteiger partial charge in [0, 0.05) is 0 Å². The van der Waals surface area contributed by atoms with Gasteiger partial charge >= 0.3 is 5.82 Å². The first-order valence-electron chi connectivity index (χ1n) is 6.00. The van der Waals surface area contributed by atoms with Crippen LogP contribution in [-0.2, 0) is 16.6 Å². The van der Waals surface area contributed by atoms with Crippen molar-refractivity contribution in [2.24, 2.45) is 5.14 Å². The molecule has 0 bridgehead atoms. The molecule has 0 aliphatic heterocycles. The molecule has 1 heterocycles. The standard InChI is InChI=1S/C12H14N4O4S/c1-8-4-3-5-9(2)10(8)6-15-7-11(21(13,19)20)12(14-15)16(17)18/h3-5,7H,6H2,1-2H3,(H2,13,19,20). The van der Waals surface area contributed by atoms with Crippen LogP contribution in [-0.4, -0.2) is 23.1 Å². The largest absolute Gasteiger partial charge is 0.410 e. The number of primary sulfonamides is 1. The molecule has 21 heavy (non-hydrogen) atoms. The van der Waals surface area contributed by atoms with Gasteiger partial charge in [0.05, 0.1) is 17.8 Å². The minimum atomic E-state index is -4.20. The first-order chi connectivity index (χ1) is 9.70. The molecule has 112 valence electrons. The van der Waals surface area contributed by atoms with E-state index >= 15 is 0 Å². The Morgan fingerprint density at radius 3 is 2.33 bits per heavy atom. The van der Waals surface area contributed by atoms with E-state index in [9.17, 15) is 18.5 Å². The lowest BCUT2D eigenvalue weighted by Gasteiger charge is -2.07. The first kappa shape index (κ1) is 15.1. The molecule has 0 atom stereocenters. The number of hydrogen-bond acceptors (Lipinski definition) is 5. The number of aromatic nitrogens is 2. The summed E-state index contributed by atoms with van der Waals surface area (Å²) in [7, 11) is -4.20. The van der Waals surface area contributed by atoms with Crippen molar-refractivity contribution in [2.45, 2.75) is 25.3 Å². The van der Waals surface area contributed by atoms with Crippen LogP contribution in [0.25, 0.3) is 0 Å². The van der Waals surface area contributed by atoms with Gasteiger partial charge in [0.25, 0.3) is 0 Å². The number of rotatable bonds is 4. The molecular weight excluding hydrogens is 296 g/mol. The highest BCUT2D eigenvalue weighted by molar-refractivity contribution is 7.89. The van der Waals surface area contributed by atoms with Gasteiger partial charge < -0.3 is 10.1 Å². The van der Waals surface area contributed by atoms with E-state index in [4.69, 9.17) is 5.14 Å². The third-order valence-electron chi connectivity index (χ3n) is 3.15. The molecule has 2 aromatic rings. The molecule has 0 radical (unpaired) electrons. The molecule has 1 aromatic heterocycles. The van der Waals surface area contributed by atoms with E-state index in [1.54, 1.807) is 0 Å². The third-order valence-corrected chi connectivity index (χ3v) is 4.05. The SMILES string of the molecule is Cc1cccc(C)c1Cn1cc(S(N)(=O)=O)c([N+](=O)[O-])n1. The van der Waals surface area contributed by atoms with Crippen molar-refractivity contribution < 1.29 is 13.3 Å². The summed E-state index contributed by atoms with van der Waals surface area (Å²) in [4.78, 5) is 9.43. The van der Waals surface area contributed by atoms with Crippen molar-refractivity contribution in [3.05, 3.63) is 51.2 Å². The summed E-state index contributed by atoms with van der Waals surface area (Å²) in [5.74, 6) is -0.760. The van der Waals surface area contributed by atoms with Crippen molar-refractivity contribution in [3.63, 3.8) is 0 Å². The summed E-state index contributed by atoms with van der Waals surface area (Å²) in [5, 5.41) is 19.6. The fraction of sp³-hybridized carbons (Fsp3) is 0.250. The predicted octanol–water partition coefficient (Wildman–Crippen LogP) is 1.10. The number of nitrogens with two attached hydrogens (primary N) is 1. The van der Waals surface area contributed by atoms with Gasteiger partial charge in [-0.25, -0.2) is 13.6 Å². The van der Waals surface area contributed by atoms with Crippen molar-refractivity contribution in [3.8, 4) is 0 Å². The lowest BCUT2D eigenvalue weighted by atomic mass is 10.0. The van der Waals surface area contributed by atoms with Crippen molar-refractivity contribution in [1.29, 1.82) is 0 Å². The van der Waals surface area contributed by atoms with Gasteiger partial charge in [-0.1, -0.05) is 18.2 Å². The smallest absolute Gasteiger partial charge is 0.358 e. The van der Waals surface area contributed by atoms with E-state index in [-0.39, 0.29) is 6.54 Å². The van der Waals surface area contributed by atoms with E-state index in [2.05, 4.69) is 5.10 Å². The molecule has 9 heteroatoms. The third kappa shape index (κ3) is 3.09. The van der Waals surface area contributed by atoms with Gasteiger partial charge in [0.2, 0.25) is 14.9 Å². The Bertz CT molecular complexity index is 790. The van der Waals surface area contributed by atoms with E-state index in [1.807, 2.05) is 32.0 Å². The molecule has 0 saturated carbocycles. The van der Waals surface area contributed by atoms with E-state index in [1.165, 1.54) is 4.68 Å². The lowest BCUT2D eigenvalue weighted by Crippen LogP contribution is -2.13. The Morgan fingerprint density at radius 1 is 1.33 bits per heavy atom. The molecule has 1 aromatic carbocycles. The molecule has 0 saturated heterocycles. The van der Waals surface area contributed by atoms with E-state index in [0.29, 0.717) is 0 Å². The van der Waals surface area contributed by atoms with E-state index < -0.39 is 25.7 Å². The van der Waals surface area contributed by atoms with Gasteiger partial charge in [-0.15, -0.1) is 0 Å². The monoisotopic (exact) mass is 310 g/mol. The molecule has 0 spiro atoms. The van der Waals surface area contributed by atoms with Gasteiger partial charge in [0.1, 0.15) is 0 Å². The second-order valence-corrected chi connectivity index (χ2v) is 6.22. The molecule has 2 N–H and O–H groups in total. The highest BCUT2D eigenvalue weighted by Gasteiger charge is 2.29. The Hall–Kier alpha value is -2.26. The fourth-order valence-electron chi connectivity index (χ4n) is 2.06. The number of nitro groups is 1. The van der Waals surface area contributed by atoms with Crippen LogP contribution in [0.1, 0.15) is 16.7 Å². The lowest BCUT2D eigenvalue weighted by molar-refractivity contribution is -0.392. The summed E-state index contributed by atoms with van der Waals surface area (Å²) in [5.41, 5.74) is 2.91. The Kier molecular flexibility index (Phi) is 3.79. The maximum atomic E-state index is 11.4. The van der Waals surface area contributed by atoms with Gasteiger partial charge in [-0.3, -0.25) is 0 Å². The van der Waals surface area contributed by atoms with Crippen LogP contribution in [0.4, 0.5) is 5.82 Å². The number of benzene rings is 1. The minimum Gasteiger partial charge on any atom is -0.358 e. The van der Waals surface area contributed by atoms with Crippen LogP contribution in [0.5, 0.6) is 0 Å².